The van der Waals surface area contributed by atoms with E-state index in [0.29, 0.717) is 17.5 Å². The molecule has 7 heteroatoms. The fourth-order valence-corrected chi connectivity index (χ4v) is 3.10. The van der Waals surface area contributed by atoms with Gasteiger partial charge in [-0.3, -0.25) is 4.79 Å². The van der Waals surface area contributed by atoms with Gasteiger partial charge in [0.15, 0.2) is 0 Å². The van der Waals surface area contributed by atoms with E-state index in [4.69, 9.17) is 5.84 Å². The largest absolute Gasteiger partial charge is 0.355 e. The molecule has 1 aliphatic carbocycles. The maximum atomic E-state index is 12.1. The predicted molar refractivity (Wildman–Crippen MR) is 84.4 cm³/mol. The molecule has 1 unspecified atom stereocenters. The number of aromatic nitrogens is 3. The van der Waals surface area contributed by atoms with Crippen LogP contribution < -0.4 is 11.2 Å². The molecule has 1 amide bonds. The molecule has 2 rings (SSSR count). The first-order chi connectivity index (χ1) is 10.1. The zero-order valence-corrected chi connectivity index (χ0v) is 13.4. The van der Waals surface area contributed by atoms with Crippen molar-refractivity contribution in [1.82, 2.24) is 20.2 Å². The minimum atomic E-state index is -0.240. The summed E-state index contributed by atoms with van der Waals surface area (Å²) in [6.45, 7) is 4.33. The molecule has 1 aliphatic rings. The molecule has 0 fully saturated rings. The minimum absolute atomic E-state index is 0.0112. The summed E-state index contributed by atoms with van der Waals surface area (Å²) in [5.74, 6) is 6.43. The van der Waals surface area contributed by atoms with Gasteiger partial charge in [0, 0.05) is 6.54 Å². The number of carbonyl (C=O) groups excluding carboxylic acids is 1. The van der Waals surface area contributed by atoms with Crippen molar-refractivity contribution < 1.29 is 4.79 Å². The average molecular weight is 309 g/mol. The van der Waals surface area contributed by atoms with Gasteiger partial charge in [-0.05, 0) is 46.0 Å². The van der Waals surface area contributed by atoms with Gasteiger partial charge < -0.3 is 11.2 Å². The van der Waals surface area contributed by atoms with Gasteiger partial charge in [-0.15, -0.1) is 10.2 Å². The van der Waals surface area contributed by atoms with Gasteiger partial charge in [-0.25, -0.2) is 4.68 Å². The van der Waals surface area contributed by atoms with Crippen LogP contribution >= 0.6 is 11.8 Å². The first-order valence-corrected chi connectivity index (χ1v) is 8.25. The highest BCUT2D eigenvalue weighted by molar-refractivity contribution is 8.00. The fraction of sp³-hybridized carbons (Fsp3) is 0.643. The molecule has 0 aliphatic heterocycles. The molecule has 1 atom stereocenters. The van der Waals surface area contributed by atoms with Crippen LogP contribution in [-0.4, -0.2) is 32.6 Å². The average Bonchev–Trinajstić information content (AvgIpc) is 2.80. The van der Waals surface area contributed by atoms with Crippen LogP contribution in [0.25, 0.3) is 0 Å². The number of nitrogens with zero attached hydrogens (tertiary/aromatic N) is 3. The lowest BCUT2D eigenvalue weighted by atomic mass is 9.97. The van der Waals surface area contributed by atoms with Crippen molar-refractivity contribution in [3.05, 3.63) is 17.5 Å². The zero-order valence-electron chi connectivity index (χ0n) is 12.6. The Balaban J connectivity index is 1.74. The van der Waals surface area contributed by atoms with Gasteiger partial charge in [0.1, 0.15) is 5.82 Å². The van der Waals surface area contributed by atoms with Crippen LogP contribution in [0.4, 0.5) is 0 Å². The second kappa shape index (κ2) is 7.49. The third-order valence-electron chi connectivity index (χ3n) is 3.62. The number of nitrogen functional groups attached to an aromatic ring is 1. The van der Waals surface area contributed by atoms with Crippen molar-refractivity contribution in [2.75, 3.05) is 12.4 Å². The normalized spacial score (nSPS) is 16.4. The van der Waals surface area contributed by atoms with Crippen LogP contribution in [0.2, 0.25) is 0 Å². The van der Waals surface area contributed by atoms with Crippen molar-refractivity contribution in [3.63, 3.8) is 0 Å². The van der Waals surface area contributed by atoms with E-state index in [1.54, 1.807) is 6.92 Å². The molecule has 3 N–H and O–H groups in total. The van der Waals surface area contributed by atoms with E-state index in [0.717, 1.165) is 6.42 Å². The fourth-order valence-electron chi connectivity index (χ4n) is 2.26. The number of carbonyl (C=O) groups is 1. The Morgan fingerprint density at radius 1 is 1.52 bits per heavy atom. The van der Waals surface area contributed by atoms with E-state index < -0.39 is 0 Å². The molecule has 6 nitrogen and oxygen atoms in total. The summed E-state index contributed by atoms with van der Waals surface area (Å²) in [5, 5.41) is 11.1. The molecule has 0 bridgehead atoms. The molecule has 1 heterocycles. The van der Waals surface area contributed by atoms with E-state index in [-0.39, 0.29) is 11.2 Å². The monoisotopic (exact) mass is 309 g/mol. The Hall–Kier alpha value is -1.50. The Bertz CT molecular complexity index is 525. The van der Waals surface area contributed by atoms with E-state index in [1.165, 1.54) is 47.7 Å². The van der Waals surface area contributed by atoms with E-state index in [1.807, 2.05) is 6.92 Å². The Morgan fingerprint density at radius 3 is 2.95 bits per heavy atom. The summed E-state index contributed by atoms with van der Waals surface area (Å²) in [6.07, 6.45) is 8.19. The summed E-state index contributed by atoms with van der Waals surface area (Å²) >= 11 is 1.32. The maximum Gasteiger partial charge on any atom is 0.233 e. The van der Waals surface area contributed by atoms with Crippen LogP contribution in [0.5, 0.6) is 0 Å². The third kappa shape index (κ3) is 4.49. The highest BCUT2D eigenvalue weighted by Crippen LogP contribution is 2.21. The molecule has 116 valence electrons. The molecule has 0 saturated carbocycles. The van der Waals surface area contributed by atoms with Gasteiger partial charge in [0.05, 0.1) is 5.25 Å². The standard InChI is InChI=1S/C14H23N5OS/c1-10(21-14-18-17-11(2)19(14)15)13(20)16-9-8-12-6-4-3-5-7-12/h6,10H,3-5,7-9,15H2,1-2H3,(H,16,20). The molecule has 0 spiro atoms. The van der Waals surface area contributed by atoms with Crippen LogP contribution in [-0.2, 0) is 4.79 Å². The lowest BCUT2D eigenvalue weighted by Gasteiger charge is -2.14. The molecule has 1 aromatic rings. The van der Waals surface area contributed by atoms with E-state index >= 15 is 0 Å². The highest BCUT2D eigenvalue weighted by Gasteiger charge is 2.18. The first-order valence-electron chi connectivity index (χ1n) is 7.37. The number of hydrogen-bond acceptors (Lipinski definition) is 5. The lowest BCUT2D eigenvalue weighted by Crippen LogP contribution is -2.32. The van der Waals surface area contributed by atoms with Gasteiger partial charge in [-0.2, -0.15) is 0 Å². The summed E-state index contributed by atoms with van der Waals surface area (Å²) in [6, 6.07) is 0. The summed E-state index contributed by atoms with van der Waals surface area (Å²) in [7, 11) is 0. The second-order valence-electron chi connectivity index (χ2n) is 5.31. The summed E-state index contributed by atoms with van der Waals surface area (Å²) in [5.41, 5.74) is 1.47. The summed E-state index contributed by atoms with van der Waals surface area (Å²) < 4.78 is 1.40. The highest BCUT2D eigenvalue weighted by atomic mass is 32.2. The number of allylic oxidation sites excluding steroid dienone is 1. The number of aryl methyl sites for hydroxylation is 1. The maximum absolute atomic E-state index is 12.1. The zero-order chi connectivity index (χ0) is 15.2. The number of nitrogens with two attached hydrogens (primary N) is 1. The van der Waals surface area contributed by atoms with Crippen molar-refractivity contribution in [3.8, 4) is 0 Å². The number of nitrogens with one attached hydrogen (secondary N) is 1. The van der Waals surface area contributed by atoms with Gasteiger partial charge in [-0.1, -0.05) is 23.4 Å². The van der Waals surface area contributed by atoms with Crippen LogP contribution in [0.3, 0.4) is 0 Å². The molecule has 0 radical (unpaired) electrons. The predicted octanol–water partition coefficient (Wildman–Crippen LogP) is 1.79. The Kier molecular flexibility index (Phi) is 5.67. The van der Waals surface area contributed by atoms with Gasteiger partial charge in [0.2, 0.25) is 11.1 Å². The van der Waals surface area contributed by atoms with E-state index in [9.17, 15) is 4.79 Å². The molecule has 1 aromatic heterocycles. The van der Waals surface area contributed by atoms with Crippen molar-refractivity contribution >= 4 is 17.7 Å². The minimum Gasteiger partial charge on any atom is -0.355 e. The van der Waals surface area contributed by atoms with Crippen LogP contribution in [0, 0.1) is 6.92 Å². The van der Waals surface area contributed by atoms with Crippen molar-refractivity contribution in [2.24, 2.45) is 0 Å². The number of amides is 1. The molecular formula is C14H23N5OS. The van der Waals surface area contributed by atoms with Crippen molar-refractivity contribution in [1.29, 1.82) is 0 Å². The topological polar surface area (TPSA) is 85.8 Å². The number of thioether (sulfide) groups is 1. The second-order valence-corrected chi connectivity index (χ2v) is 6.62. The van der Waals surface area contributed by atoms with E-state index in [2.05, 4.69) is 21.6 Å². The molecule has 0 aromatic carbocycles. The van der Waals surface area contributed by atoms with Gasteiger partial charge in [0.25, 0.3) is 0 Å². The van der Waals surface area contributed by atoms with Gasteiger partial charge >= 0.3 is 0 Å². The summed E-state index contributed by atoms with van der Waals surface area (Å²) in [4.78, 5) is 12.1. The van der Waals surface area contributed by atoms with Crippen LogP contribution in [0.15, 0.2) is 16.8 Å². The molecule has 21 heavy (non-hydrogen) atoms. The molecule has 0 saturated heterocycles. The lowest BCUT2D eigenvalue weighted by molar-refractivity contribution is -0.120. The Morgan fingerprint density at radius 2 is 2.33 bits per heavy atom. The molecular weight excluding hydrogens is 286 g/mol. The quantitative estimate of drug-likeness (QED) is 0.475. The first kappa shape index (κ1) is 15.9. The number of rotatable bonds is 6. The Labute approximate surface area is 129 Å². The SMILES string of the molecule is Cc1nnc(SC(C)C(=O)NCCC2=CCCCC2)n1N. The smallest absolute Gasteiger partial charge is 0.233 e. The third-order valence-corrected chi connectivity index (χ3v) is 4.67. The van der Waals surface area contributed by atoms with Crippen LogP contribution in [0.1, 0.15) is 44.9 Å². The number of hydrogen-bond donors (Lipinski definition) is 2. The van der Waals surface area contributed by atoms with Crippen molar-refractivity contribution in [2.45, 2.75) is 56.4 Å².